The molecule has 1 fully saturated rings. The lowest BCUT2D eigenvalue weighted by atomic mass is 9.97. The van der Waals surface area contributed by atoms with E-state index in [1.165, 1.54) is 29.2 Å². The van der Waals surface area contributed by atoms with E-state index in [1.807, 2.05) is 30.0 Å². The molecule has 198 valence electrons. The number of aliphatic imine (C=N–C) groups is 1. The van der Waals surface area contributed by atoms with Crippen LogP contribution in [0.1, 0.15) is 29.2 Å². The fourth-order valence-electron chi connectivity index (χ4n) is 5.05. The summed E-state index contributed by atoms with van der Waals surface area (Å²) in [6.45, 7) is 4.09. The minimum absolute atomic E-state index is 0.0157. The van der Waals surface area contributed by atoms with Gasteiger partial charge in [0.05, 0.1) is 11.6 Å². The molecular weight excluding hydrogens is 500 g/mol. The highest BCUT2D eigenvalue weighted by atomic mass is 19.4. The van der Waals surface area contributed by atoms with E-state index in [-0.39, 0.29) is 22.9 Å². The smallest absolute Gasteiger partial charge is 0.416 e. The van der Waals surface area contributed by atoms with Crippen LogP contribution in [0, 0.1) is 12.7 Å². The van der Waals surface area contributed by atoms with Crippen molar-refractivity contribution in [1.29, 1.82) is 0 Å². The van der Waals surface area contributed by atoms with Crippen LogP contribution >= 0.6 is 0 Å². The Morgan fingerprint density at radius 1 is 0.947 bits per heavy atom. The maximum atomic E-state index is 14.9. The predicted octanol–water partition coefficient (Wildman–Crippen LogP) is 4.66. The zero-order valence-corrected chi connectivity index (χ0v) is 20.6. The molecule has 0 spiro atoms. The first-order chi connectivity index (χ1) is 18.1. The third-order valence-electron chi connectivity index (χ3n) is 6.86. The lowest BCUT2D eigenvalue weighted by molar-refractivity contribution is -0.306. The SMILES string of the molecule is Cc1cccc(N2CCN(C3=Nc4c(F)cccc4C(CC(=O)[O-])N3c3cccc(C(F)(F)F)c3)CC2)c1. The number of alkyl halides is 3. The Hall–Kier alpha value is -4.08. The van der Waals surface area contributed by atoms with Crippen LogP contribution in [-0.2, 0) is 11.0 Å². The number of para-hydroxylation sites is 1. The van der Waals surface area contributed by atoms with E-state index in [0.717, 1.165) is 23.4 Å². The number of rotatable bonds is 4. The number of aryl methyl sites for hydroxylation is 1. The number of hydrogen-bond donors (Lipinski definition) is 0. The molecule has 2 heterocycles. The number of fused-ring (bicyclic) bond motifs is 1. The van der Waals surface area contributed by atoms with Crippen LogP contribution < -0.4 is 14.9 Å². The number of carbonyl (C=O) groups is 1. The lowest BCUT2D eigenvalue weighted by Gasteiger charge is -2.45. The van der Waals surface area contributed by atoms with E-state index < -0.39 is 36.0 Å². The van der Waals surface area contributed by atoms with Crippen LogP contribution in [0.4, 0.5) is 34.6 Å². The van der Waals surface area contributed by atoms with Crippen LogP contribution in [0.15, 0.2) is 71.7 Å². The summed E-state index contributed by atoms with van der Waals surface area (Å²) in [5, 5.41) is 11.8. The van der Waals surface area contributed by atoms with Gasteiger partial charge in [0.25, 0.3) is 0 Å². The fourth-order valence-corrected chi connectivity index (χ4v) is 5.05. The van der Waals surface area contributed by atoms with Gasteiger partial charge in [0, 0.05) is 55.5 Å². The third kappa shape index (κ3) is 5.03. The third-order valence-corrected chi connectivity index (χ3v) is 6.86. The van der Waals surface area contributed by atoms with E-state index >= 15 is 0 Å². The van der Waals surface area contributed by atoms with Crippen molar-refractivity contribution in [3.63, 3.8) is 0 Å². The Morgan fingerprint density at radius 2 is 1.61 bits per heavy atom. The van der Waals surface area contributed by atoms with Gasteiger partial charge in [-0.15, -0.1) is 0 Å². The number of piperazine rings is 1. The van der Waals surface area contributed by atoms with Crippen molar-refractivity contribution >= 4 is 29.0 Å². The number of carboxylic acids is 1. The van der Waals surface area contributed by atoms with Crippen molar-refractivity contribution in [1.82, 2.24) is 4.90 Å². The summed E-state index contributed by atoms with van der Waals surface area (Å²) >= 11 is 0. The summed E-state index contributed by atoms with van der Waals surface area (Å²) in [4.78, 5) is 21.9. The molecule has 1 atom stereocenters. The van der Waals surface area contributed by atoms with E-state index in [0.29, 0.717) is 26.2 Å². The maximum Gasteiger partial charge on any atom is 0.416 e. The second kappa shape index (κ2) is 10.00. The first kappa shape index (κ1) is 25.6. The summed E-state index contributed by atoms with van der Waals surface area (Å²) in [6.07, 6.45) is -5.16. The van der Waals surface area contributed by atoms with Gasteiger partial charge < -0.3 is 24.6 Å². The average Bonchev–Trinajstić information content (AvgIpc) is 2.88. The van der Waals surface area contributed by atoms with E-state index in [4.69, 9.17) is 0 Å². The van der Waals surface area contributed by atoms with Gasteiger partial charge >= 0.3 is 6.18 Å². The molecule has 38 heavy (non-hydrogen) atoms. The molecule has 5 rings (SSSR count). The van der Waals surface area contributed by atoms with Gasteiger partial charge in [-0.25, -0.2) is 9.38 Å². The molecule has 3 aromatic carbocycles. The first-order valence-corrected chi connectivity index (χ1v) is 12.2. The van der Waals surface area contributed by atoms with E-state index in [1.54, 1.807) is 6.07 Å². The van der Waals surface area contributed by atoms with E-state index in [2.05, 4.69) is 16.0 Å². The predicted molar refractivity (Wildman–Crippen MR) is 135 cm³/mol. The van der Waals surface area contributed by atoms with Gasteiger partial charge in [0.15, 0.2) is 0 Å². The van der Waals surface area contributed by atoms with Crippen molar-refractivity contribution in [2.45, 2.75) is 25.6 Å². The number of benzene rings is 3. The molecule has 0 saturated carbocycles. The average molecular weight is 526 g/mol. The fraction of sp³-hybridized carbons (Fsp3) is 0.286. The number of aliphatic carboxylic acids is 1. The Labute approximate surface area is 217 Å². The zero-order valence-electron chi connectivity index (χ0n) is 20.6. The number of guanidine groups is 1. The summed E-state index contributed by atoms with van der Waals surface area (Å²) < 4.78 is 55.7. The van der Waals surface area contributed by atoms with Crippen molar-refractivity contribution in [3.05, 3.63) is 89.2 Å². The highest BCUT2D eigenvalue weighted by Gasteiger charge is 2.38. The summed E-state index contributed by atoms with van der Waals surface area (Å²) in [5.74, 6) is -1.84. The number of hydrogen-bond acceptors (Lipinski definition) is 6. The lowest BCUT2D eigenvalue weighted by Crippen LogP contribution is -2.55. The van der Waals surface area contributed by atoms with Crippen LogP contribution in [-0.4, -0.2) is 43.0 Å². The summed E-state index contributed by atoms with van der Waals surface area (Å²) in [5.41, 5.74) is 1.66. The Bertz CT molecular complexity index is 1380. The summed E-state index contributed by atoms with van der Waals surface area (Å²) in [7, 11) is 0. The van der Waals surface area contributed by atoms with Gasteiger partial charge in [0.1, 0.15) is 11.5 Å². The zero-order chi connectivity index (χ0) is 27.0. The van der Waals surface area contributed by atoms with Crippen molar-refractivity contribution in [2.24, 2.45) is 4.99 Å². The van der Waals surface area contributed by atoms with Crippen molar-refractivity contribution in [2.75, 3.05) is 36.0 Å². The monoisotopic (exact) mass is 525 g/mol. The van der Waals surface area contributed by atoms with Gasteiger partial charge in [-0.1, -0.05) is 30.3 Å². The Morgan fingerprint density at radius 3 is 2.29 bits per heavy atom. The number of carboxylic acid groups (broad SMARTS) is 1. The molecule has 0 radical (unpaired) electrons. The standard InChI is InChI=1S/C28H26F4N4O2/c1-18-5-2-7-20(15-18)34-11-13-35(14-12-34)27-33-26-22(9-4-10-23(26)29)24(17-25(37)38)36(27)21-8-3-6-19(16-21)28(30,31)32/h2-10,15-16,24H,11-14,17H2,1H3,(H,37,38)/p-1. The second-order valence-corrected chi connectivity index (χ2v) is 9.41. The second-order valence-electron chi connectivity index (χ2n) is 9.41. The molecule has 0 N–H and O–H groups in total. The Kier molecular flexibility index (Phi) is 6.73. The van der Waals surface area contributed by atoms with Crippen LogP contribution in [0.2, 0.25) is 0 Å². The molecule has 1 unspecified atom stereocenters. The molecule has 0 aliphatic carbocycles. The molecule has 0 bridgehead atoms. The van der Waals surface area contributed by atoms with Gasteiger partial charge in [0.2, 0.25) is 5.96 Å². The van der Waals surface area contributed by atoms with Crippen LogP contribution in [0.5, 0.6) is 0 Å². The minimum Gasteiger partial charge on any atom is -0.550 e. The molecular formula is C28H25F4N4O2-. The molecule has 2 aliphatic rings. The number of nitrogens with zero attached hydrogens (tertiary/aromatic N) is 4. The van der Waals surface area contributed by atoms with Crippen molar-refractivity contribution in [3.8, 4) is 0 Å². The largest absolute Gasteiger partial charge is 0.550 e. The van der Waals surface area contributed by atoms with Crippen LogP contribution in [0.25, 0.3) is 0 Å². The first-order valence-electron chi connectivity index (χ1n) is 12.2. The van der Waals surface area contributed by atoms with Gasteiger partial charge in [-0.3, -0.25) is 0 Å². The molecule has 2 aliphatic heterocycles. The molecule has 0 aromatic heterocycles. The number of halogens is 4. The molecule has 1 saturated heterocycles. The summed E-state index contributed by atoms with van der Waals surface area (Å²) in [6, 6.07) is 15.9. The van der Waals surface area contributed by atoms with E-state index in [9.17, 15) is 27.5 Å². The molecule has 10 heteroatoms. The highest BCUT2D eigenvalue weighted by molar-refractivity contribution is 6.01. The maximum absolute atomic E-state index is 14.9. The molecule has 0 amide bonds. The number of anilines is 2. The van der Waals surface area contributed by atoms with Gasteiger partial charge in [-0.05, 0) is 48.9 Å². The minimum atomic E-state index is -4.60. The Balaban J connectivity index is 1.57. The number of carbonyl (C=O) groups excluding carboxylic acids is 1. The molecule has 3 aromatic rings. The topological polar surface area (TPSA) is 62.2 Å². The molecule has 6 nitrogen and oxygen atoms in total. The van der Waals surface area contributed by atoms with Gasteiger partial charge in [-0.2, -0.15) is 13.2 Å². The highest BCUT2D eigenvalue weighted by Crippen LogP contribution is 2.43. The normalized spacial score (nSPS) is 17.8. The van der Waals surface area contributed by atoms with Crippen molar-refractivity contribution < 1.29 is 27.5 Å². The quantitative estimate of drug-likeness (QED) is 0.464. The van der Waals surface area contributed by atoms with Crippen LogP contribution in [0.3, 0.4) is 0 Å².